The van der Waals surface area contributed by atoms with Crippen molar-refractivity contribution in [3.63, 3.8) is 0 Å². The first-order valence-electron chi connectivity index (χ1n) is 6.63. The molecule has 6 heteroatoms. The second-order valence-electron chi connectivity index (χ2n) is 4.86. The molecule has 1 atom stereocenters. The highest BCUT2D eigenvalue weighted by Gasteiger charge is 2.36. The van der Waals surface area contributed by atoms with Crippen molar-refractivity contribution in [2.45, 2.75) is 19.0 Å². The number of fused-ring (bicyclic) bond motifs is 1. The van der Waals surface area contributed by atoms with Crippen molar-refractivity contribution >= 4 is 29.0 Å². The Bertz CT molecular complexity index is 669. The van der Waals surface area contributed by atoms with E-state index in [-0.39, 0.29) is 6.03 Å². The van der Waals surface area contributed by atoms with Crippen LogP contribution in [0.15, 0.2) is 41.8 Å². The number of thiophene rings is 1. The number of hydrogen-bond acceptors (Lipinski definition) is 3. The summed E-state index contributed by atoms with van der Waals surface area (Å²) in [4.78, 5) is 26.6. The summed E-state index contributed by atoms with van der Waals surface area (Å²) >= 11 is 1.58. The zero-order valence-corrected chi connectivity index (χ0v) is 12.1. The van der Waals surface area contributed by atoms with Gasteiger partial charge in [-0.3, -0.25) is 9.69 Å². The van der Waals surface area contributed by atoms with Gasteiger partial charge in [-0.1, -0.05) is 24.3 Å². The lowest BCUT2D eigenvalue weighted by atomic mass is 10.1. The number of benzene rings is 1. The summed E-state index contributed by atoms with van der Waals surface area (Å²) in [6, 6.07) is 10.5. The highest BCUT2D eigenvalue weighted by molar-refractivity contribution is 7.09. The van der Waals surface area contributed by atoms with Crippen molar-refractivity contribution in [2.24, 2.45) is 5.73 Å². The van der Waals surface area contributed by atoms with E-state index in [9.17, 15) is 9.59 Å². The largest absolute Gasteiger partial charge is 0.368 e. The standard InChI is InChI=1S/C15H15N3O2S/c16-14(19)13-8-10-4-1-2-6-12(10)18(13)15(20)17-9-11-5-3-7-21-11/h1-7,13H,8-9H2,(H2,16,19)(H,17,20)/t13-/m0/s1. The summed E-state index contributed by atoms with van der Waals surface area (Å²) in [6.07, 6.45) is 0.470. The molecule has 0 aliphatic carbocycles. The second kappa shape index (κ2) is 5.57. The van der Waals surface area contributed by atoms with Crippen LogP contribution in [0.3, 0.4) is 0 Å². The maximum atomic E-state index is 12.4. The number of carbonyl (C=O) groups excluding carboxylic acids is 2. The van der Waals surface area contributed by atoms with Gasteiger partial charge in [-0.15, -0.1) is 11.3 Å². The van der Waals surface area contributed by atoms with E-state index in [2.05, 4.69) is 5.32 Å². The predicted molar refractivity (Wildman–Crippen MR) is 82.2 cm³/mol. The monoisotopic (exact) mass is 301 g/mol. The number of carbonyl (C=O) groups is 2. The van der Waals surface area contributed by atoms with Crippen LogP contribution >= 0.6 is 11.3 Å². The van der Waals surface area contributed by atoms with E-state index in [1.165, 1.54) is 4.90 Å². The number of para-hydroxylation sites is 1. The Morgan fingerprint density at radius 2 is 2.10 bits per heavy atom. The van der Waals surface area contributed by atoms with Crippen molar-refractivity contribution in [3.05, 3.63) is 52.2 Å². The van der Waals surface area contributed by atoms with Gasteiger partial charge in [0.25, 0.3) is 0 Å². The first kappa shape index (κ1) is 13.6. The predicted octanol–water partition coefficient (Wildman–Crippen LogP) is 1.87. The Labute approximate surface area is 126 Å². The highest BCUT2D eigenvalue weighted by atomic mass is 32.1. The highest BCUT2D eigenvalue weighted by Crippen LogP contribution is 2.31. The van der Waals surface area contributed by atoms with Crippen LogP contribution in [0.4, 0.5) is 10.5 Å². The number of nitrogens with zero attached hydrogens (tertiary/aromatic N) is 1. The Morgan fingerprint density at radius 3 is 2.81 bits per heavy atom. The second-order valence-corrected chi connectivity index (χ2v) is 5.89. The van der Waals surface area contributed by atoms with E-state index in [0.29, 0.717) is 13.0 Å². The molecule has 1 aliphatic heterocycles. The van der Waals surface area contributed by atoms with Gasteiger partial charge in [0.05, 0.1) is 6.54 Å². The molecule has 0 bridgehead atoms. The zero-order chi connectivity index (χ0) is 14.8. The lowest BCUT2D eigenvalue weighted by molar-refractivity contribution is -0.119. The van der Waals surface area contributed by atoms with Gasteiger partial charge in [0.2, 0.25) is 5.91 Å². The fourth-order valence-electron chi connectivity index (χ4n) is 2.53. The average Bonchev–Trinajstić information content (AvgIpc) is 3.11. The van der Waals surface area contributed by atoms with Crippen LogP contribution in [-0.4, -0.2) is 18.0 Å². The third kappa shape index (κ3) is 2.62. The Morgan fingerprint density at radius 1 is 1.29 bits per heavy atom. The number of anilines is 1. The third-order valence-corrected chi connectivity index (χ3v) is 4.39. The topological polar surface area (TPSA) is 75.4 Å². The first-order chi connectivity index (χ1) is 10.2. The molecule has 0 radical (unpaired) electrons. The van der Waals surface area contributed by atoms with E-state index in [1.54, 1.807) is 11.3 Å². The van der Waals surface area contributed by atoms with Gasteiger partial charge in [0, 0.05) is 17.0 Å². The summed E-state index contributed by atoms with van der Waals surface area (Å²) in [7, 11) is 0. The molecule has 5 nitrogen and oxygen atoms in total. The van der Waals surface area contributed by atoms with E-state index in [4.69, 9.17) is 5.73 Å². The lowest BCUT2D eigenvalue weighted by Crippen LogP contribution is -2.49. The molecule has 1 aromatic heterocycles. The number of urea groups is 1. The van der Waals surface area contributed by atoms with E-state index < -0.39 is 11.9 Å². The quantitative estimate of drug-likeness (QED) is 0.908. The van der Waals surface area contributed by atoms with E-state index >= 15 is 0 Å². The van der Waals surface area contributed by atoms with Gasteiger partial charge in [-0.05, 0) is 23.1 Å². The van der Waals surface area contributed by atoms with Gasteiger partial charge in [-0.2, -0.15) is 0 Å². The maximum Gasteiger partial charge on any atom is 0.322 e. The molecular weight excluding hydrogens is 286 g/mol. The van der Waals surface area contributed by atoms with Crippen molar-refractivity contribution in [2.75, 3.05) is 4.90 Å². The first-order valence-corrected chi connectivity index (χ1v) is 7.51. The number of hydrogen-bond donors (Lipinski definition) is 2. The molecule has 21 heavy (non-hydrogen) atoms. The molecule has 2 aromatic rings. The summed E-state index contributed by atoms with van der Waals surface area (Å²) < 4.78 is 0. The Balaban J connectivity index is 1.80. The van der Waals surface area contributed by atoms with Crippen molar-refractivity contribution in [1.29, 1.82) is 0 Å². The van der Waals surface area contributed by atoms with Crippen molar-refractivity contribution < 1.29 is 9.59 Å². The number of nitrogens with one attached hydrogen (secondary N) is 1. The molecule has 3 rings (SSSR count). The molecule has 3 amide bonds. The van der Waals surface area contributed by atoms with Crippen LogP contribution in [0.1, 0.15) is 10.4 Å². The van der Waals surface area contributed by atoms with Gasteiger partial charge in [-0.25, -0.2) is 4.79 Å². The summed E-state index contributed by atoms with van der Waals surface area (Å²) in [5.74, 6) is -0.488. The number of nitrogens with two attached hydrogens (primary N) is 1. The molecule has 108 valence electrons. The minimum absolute atomic E-state index is 0.294. The van der Waals surface area contributed by atoms with Crippen LogP contribution in [0.5, 0.6) is 0 Å². The fraction of sp³-hybridized carbons (Fsp3) is 0.200. The zero-order valence-electron chi connectivity index (χ0n) is 11.3. The van der Waals surface area contributed by atoms with E-state index in [0.717, 1.165) is 16.1 Å². The van der Waals surface area contributed by atoms with Gasteiger partial charge >= 0.3 is 6.03 Å². The van der Waals surface area contributed by atoms with Crippen LogP contribution in [-0.2, 0) is 17.8 Å². The average molecular weight is 301 g/mol. The third-order valence-electron chi connectivity index (χ3n) is 3.52. The molecule has 0 unspecified atom stereocenters. The molecule has 0 spiro atoms. The van der Waals surface area contributed by atoms with Crippen LogP contribution in [0.2, 0.25) is 0 Å². The SMILES string of the molecule is NC(=O)[C@@H]1Cc2ccccc2N1C(=O)NCc1cccs1. The molecule has 2 heterocycles. The number of rotatable bonds is 3. The lowest BCUT2D eigenvalue weighted by Gasteiger charge is -2.23. The molecule has 0 saturated heterocycles. The molecule has 1 aromatic carbocycles. The summed E-state index contributed by atoms with van der Waals surface area (Å²) in [6.45, 7) is 0.445. The summed E-state index contributed by atoms with van der Waals surface area (Å²) in [5.41, 5.74) is 7.16. The van der Waals surface area contributed by atoms with Gasteiger partial charge < -0.3 is 11.1 Å². The maximum absolute atomic E-state index is 12.4. The summed E-state index contributed by atoms with van der Waals surface area (Å²) in [5, 5.41) is 4.80. The number of amides is 3. The van der Waals surface area contributed by atoms with Crippen LogP contribution < -0.4 is 16.0 Å². The Hall–Kier alpha value is -2.34. The van der Waals surface area contributed by atoms with Crippen molar-refractivity contribution in [3.8, 4) is 0 Å². The smallest absolute Gasteiger partial charge is 0.322 e. The van der Waals surface area contributed by atoms with Crippen molar-refractivity contribution in [1.82, 2.24) is 5.32 Å². The fourth-order valence-corrected chi connectivity index (χ4v) is 3.17. The molecular formula is C15H15N3O2S. The van der Waals surface area contributed by atoms with Gasteiger partial charge in [0.1, 0.15) is 6.04 Å². The van der Waals surface area contributed by atoms with Crippen LogP contribution in [0.25, 0.3) is 0 Å². The molecule has 1 aliphatic rings. The van der Waals surface area contributed by atoms with Gasteiger partial charge in [0.15, 0.2) is 0 Å². The normalized spacial score (nSPS) is 16.6. The molecule has 0 saturated carbocycles. The molecule has 3 N–H and O–H groups in total. The minimum atomic E-state index is -0.620. The van der Waals surface area contributed by atoms with Crippen LogP contribution in [0, 0.1) is 0 Å². The molecule has 0 fully saturated rings. The van der Waals surface area contributed by atoms with E-state index in [1.807, 2.05) is 41.8 Å². The minimum Gasteiger partial charge on any atom is -0.368 e. The Kier molecular flexibility index (Phi) is 3.62. The number of primary amides is 1.